The van der Waals surface area contributed by atoms with Gasteiger partial charge in [-0.25, -0.2) is 0 Å². The zero-order chi connectivity index (χ0) is 13.5. The molecule has 2 atom stereocenters. The van der Waals surface area contributed by atoms with E-state index in [1.807, 2.05) is 13.0 Å². The average molecular weight is 273 g/mol. The first kappa shape index (κ1) is 15.5. The molecule has 0 radical (unpaired) electrons. The summed E-state index contributed by atoms with van der Waals surface area (Å²) in [7, 11) is 0. The number of nitrogens with zero attached hydrogens (tertiary/aromatic N) is 1. The molecule has 5 heteroatoms. The molecule has 1 aliphatic rings. The Kier molecular flexibility index (Phi) is 6.75. The Bertz CT molecular complexity index is 307. The third-order valence-corrected chi connectivity index (χ3v) is 4.54. The molecule has 4 nitrogen and oxygen atoms in total. The Labute approximate surface area is 113 Å². The Hall–Kier alpha value is -0.520. The van der Waals surface area contributed by atoms with Gasteiger partial charge in [-0.3, -0.25) is 4.79 Å². The molecule has 0 N–H and O–H groups in total. The number of hydrogen-bond donors (Lipinski definition) is 0. The second-order valence-corrected chi connectivity index (χ2v) is 6.02. The van der Waals surface area contributed by atoms with Crippen LogP contribution in [0.4, 0.5) is 0 Å². The van der Waals surface area contributed by atoms with Crippen molar-refractivity contribution in [3.63, 3.8) is 0 Å². The Morgan fingerprint density at radius 1 is 1.61 bits per heavy atom. The van der Waals surface area contributed by atoms with E-state index >= 15 is 0 Å². The van der Waals surface area contributed by atoms with E-state index in [1.165, 1.54) is 0 Å². The normalized spacial score (nSPS) is 22.4. The third kappa shape index (κ3) is 4.30. The van der Waals surface area contributed by atoms with Gasteiger partial charge in [0.15, 0.2) is 6.04 Å². The van der Waals surface area contributed by atoms with Crippen molar-refractivity contribution in [1.82, 2.24) is 4.31 Å². The lowest BCUT2D eigenvalue weighted by molar-refractivity contribution is -0.147. The predicted octanol–water partition coefficient (Wildman–Crippen LogP) is 2.03. The first-order valence-corrected chi connectivity index (χ1v) is 7.85. The number of esters is 1. The molecular weight excluding hydrogens is 250 g/mol. The fraction of sp³-hybridized carbons (Fsp3) is 0.769. The number of unbranched alkanes of at least 4 members (excludes halogenated alkanes) is 1. The van der Waals surface area contributed by atoms with E-state index in [9.17, 15) is 9.35 Å². The molecule has 0 fully saturated rings. The Morgan fingerprint density at radius 3 is 2.94 bits per heavy atom. The summed E-state index contributed by atoms with van der Waals surface area (Å²) in [6.45, 7) is 6.81. The first-order chi connectivity index (χ1) is 8.60. The van der Waals surface area contributed by atoms with Crippen LogP contribution in [0, 0.1) is 0 Å². The molecular formula is C13H23NO3S. The maximum Gasteiger partial charge on any atom is 0.328 e. The van der Waals surface area contributed by atoms with E-state index in [4.69, 9.17) is 4.74 Å². The second-order valence-electron chi connectivity index (χ2n) is 4.50. The topological polar surface area (TPSA) is 52.6 Å². The molecule has 0 unspecified atom stereocenters. The lowest BCUT2D eigenvalue weighted by Crippen LogP contribution is -2.48. The van der Waals surface area contributed by atoms with E-state index in [1.54, 1.807) is 11.2 Å². The minimum atomic E-state index is -1.09. The highest BCUT2D eigenvalue weighted by Gasteiger charge is 2.36. The van der Waals surface area contributed by atoms with Crippen molar-refractivity contribution < 1.29 is 14.1 Å². The summed E-state index contributed by atoms with van der Waals surface area (Å²) in [5.74, 6) is 0.369. The van der Waals surface area contributed by atoms with Crippen molar-refractivity contribution >= 4 is 17.3 Å². The molecule has 0 aromatic heterocycles. The largest absolute Gasteiger partial charge is 0.598 e. The highest BCUT2D eigenvalue weighted by Crippen LogP contribution is 2.22. The van der Waals surface area contributed by atoms with Crippen molar-refractivity contribution in [3.05, 3.63) is 11.6 Å². The highest BCUT2D eigenvalue weighted by molar-refractivity contribution is 7.89. The van der Waals surface area contributed by atoms with Crippen LogP contribution in [-0.2, 0) is 20.9 Å². The van der Waals surface area contributed by atoms with E-state index in [0.717, 1.165) is 18.4 Å². The van der Waals surface area contributed by atoms with Gasteiger partial charge in [-0.15, -0.1) is 4.31 Å². The standard InChI is InChI=1S/C13H23NO3S/c1-4-6-9-18(16)14-8-7-11(3)10-12(14)13(15)17-5-2/h7,12H,4-6,8-10H2,1-3H3/t12-,18-/m0/s1. The maximum absolute atomic E-state index is 12.2. The SMILES string of the molecule is CCCC[S@+]([O-])N1CC=C(C)C[C@H]1C(=O)OCC. The van der Waals surface area contributed by atoms with Crippen molar-refractivity contribution in [2.24, 2.45) is 0 Å². The van der Waals surface area contributed by atoms with Gasteiger partial charge in [-0.05, 0) is 26.7 Å². The summed E-state index contributed by atoms with van der Waals surface area (Å²) >= 11 is -1.09. The van der Waals surface area contributed by atoms with Gasteiger partial charge in [0.05, 0.1) is 13.2 Å². The summed E-state index contributed by atoms with van der Waals surface area (Å²) in [6.07, 6.45) is 4.59. The third-order valence-electron chi connectivity index (χ3n) is 2.98. The van der Waals surface area contributed by atoms with E-state index < -0.39 is 11.4 Å². The second kappa shape index (κ2) is 7.81. The number of ether oxygens (including phenoxy) is 1. The van der Waals surface area contributed by atoms with Crippen LogP contribution in [0.3, 0.4) is 0 Å². The molecule has 0 saturated heterocycles. The molecule has 0 bridgehead atoms. The predicted molar refractivity (Wildman–Crippen MR) is 73.4 cm³/mol. The maximum atomic E-state index is 12.2. The summed E-state index contributed by atoms with van der Waals surface area (Å²) < 4.78 is 19.0. The van der Waals surface area contributed by atoms with Crippen LogP contribution in [0.15, 0.2) is 11.6 Å². The number of carbonyl (C=O) groups excluding carboxylic acids is 1. The van der Waals surface area contributed by atoms with Crippen LogP contribution < -0.4 is 0 Å². The Morgan fingerprint density at radius 2 is 2.33 bits per heavy atom. The quantitative estimate of drug-likeness (QED) is 0.422. The van der Waals surface area contributed by atoms with Crippen LogP contribution in [-0.4, -0.2) is 39.8 Å². The van der Waals surface area contributed by atoms with Gasteiger partial charge in [-0.1, -0.05) is 25.0 Å². The van der Waals surface area contributed by atoms with Crippen molar-refractivity contribution in [1.29, 1.82) is 0 Å². The lowest BCUT2D eigenvalue weighted by atomic mass is 10.0. The van der Waals surface area contributed by atoms with Gasteiger partial charge in [0.2, 0.25) is 0 Å². The van der Waals surface area contributed by atoms with Crippen LogP contribution in [0.25, 0.3) is 0 Å². The number of carbonyl (C=O) groups is 1. The van der Waals surface area contributed by atoms with Crippen LogP contribution in [0.5, 0.6) is 0 Å². The zero-order valence-corrected chi connectivity index (χ0v) is 12.3. The molecule has 0 amide bonds. The summed E-state index contributed by atoms with van der Waals surface area (Å²) in [5, 5.41) is 0. The van der Waals surface area contributed by atoms with Gasteiger partial charge in [0, 0.05) is 11.4 Å². The van der Waals surface area contributed by atoms with Gasteiger partial charge in [0.1, 0.15) is 5.75 Å². The molecule has 0 aromatic carbocycles. The molecule has 0 aromatic rings. The summed E-state index contributed by atoms with van der Waals surface area (Å²) in [5.41, 5.74) is 1.16. The smallest absolute Gasteiger partial charge is 0.328 e. The van der Waals surface area contributed by atoms with Crippen molar-refractivity contribution in [2.45, 2.75) is 46.1 Å². The van der Waals surface area contributed by atoms with Gasteiger partial charge < -0.3 is 9.29 Å². The van der Waals surface area contributed by atoms with Crippen LogP contribution >= 0.6 is 0 Å². The van der Waals surface area contributed by atoms with Gasteiger partial charge in [0.25, 0.3) is 0 Å². The zero-order valence-electron chi connectivity index (χ0n) is 11.5. The van der Waals surface area contributed by atoms with Crippen molar-refractivity contribution in [2.75, 3.05) is 18.9 Å². The summed E-state index contributed by atoms with van der Waals surface area (Å²) in [6, 6.07) is -0.382. The molecule has 18 heavy (non-hydrogen) atoms. The van der Waals surface area contributed by atoms with E-state index in [2.05, 4.69) is 6.92 Å². The van der Waals surface area contributed by atoms with Crippen molar-refractivity contribution in [3.8, 4) is 0 Å². The molecule has 0 saturated carbocycles. The fourth-order valence-electron chi connectivity index (χ4n) is 1.91. The highest BCUT2D eigenvalue weighted by atomic mass is 32.2. The summed E-state index contributed by atoms with van der Waals surface area (Å²) in [4.78, 5) is 11.9. The number of hydrogen-bond acceptors (Lipinski definition) is 4. The molecule has 1 rings (SSSR count). The van der Waals surface area contributed by atoms with E-state index in [-0.39, 0.29) is 12.0 Å². The molecule has 1 heterocycles. The average Bonchev–Trinajstić information content (AvgIpc) is 2.36. The monoisotopic (exact) mass is 273 g/mol. The lowest BCUT2D eigenvalue weighted by Gasteiger charge is -2.32. The minimum Gasteiger partial charge on any atom is -0.598 e. The molecule has 0 spiro atoms. The molecule has 104 valence electrons. The van der Waals surface area contributed by atoms with E-state index in [0.29, 0.717) is 25.3 Å². The minimum absolute atomic E-state index is 0.255. The molecule has 1 aliphatic heterocycles. The number of rotatable bonds is 6. The Balaban J connectivity index is 2.69. The first-order valence-electron chi connectivity index (χ1n) is 6.57. The van der Waals surface area contributed by atoms with Crippen LogP contribution in [0.1, 0.15) is 40.0 Å². The fourth-order valence-corrected chi connectivity index (χ4v) is 3.37. The van der Waals surface area contributed by atoms with Crippen LogP contribution in [0.2, 0.25) is 0 Å². The van der Waals surface area contributed by atoms with Gasteiger partial charge in [-0.2, -0.15) is 0 Å². The van der Waals surface area contributed by atoms with Gasteiger partial charge >= 0.3 is 5.97 Å². The molecule has 0 aliphatic carbocycles.